The van der Waals surface area contributed by atoms with Gasteiger partial charge in [-0.2, -0.15) is 0 Å². The van der Waals surface area contributed by atoms with Gasteiger partial charge in [0, 0.05) is 24.5 Å². The molecule has 3 heterocycles. The van der Waals surface area contributed by atoms with E-state index in [0.29, 0.717) is 0 Å². The number of allylic oxidation sites excluding steroid dienone is 1. The van der Waals surface area contributed by atoms with Gasteiger partial charge in [0.25, 0.3) is 0 Å². The Morgan fingerprint density at radius 1 is 1.18 bits per heavy atom. The van der Waals surface area contributed by atoms with Crippen LogP contribution in [0.3, 0.4) is 0 Å². The molecule has 0 aliphatic carbocycles. The molecular formula is C18H15N3S. The van der Waals surface area contributed by atoms with Gasteiger partial charge in [0.1, 0.15) is 0 Å². The highest BCUT2D eigenvalue weighted by Crippen LogP contribution is 2.24. The Morgan fingerprint density at radius 3 is 3.09 bits per heavy atom. The summed E-state index contributed by atoms with van der Waals surface area (Å²) in [5.41, 5.74) is 7.61. The maximum Gasteiger partial charge on any atom is 0.0817 e. The second-order valence-electron chi connectivity index (χ2n) is 5.32. The van der Waals surface area contributed by atoms with E-state index < -0.39 is 0 Å². The lowest BCUT2D eigenvalue weighted by Gasteiger charge is -2.16. The molecule has 0 bridgehead atoms. The maximum atomic E-state index is 4.72. The van der Waals surface area contributed by atoms with Crippen LogP contribution in [0.5, 0.6) is 0 Å². The second kappa shape index (κ2) is 5.81. The van der Waals surface area contributed by atoms with Crippen LogP contribution in [-0.4, -0.2) is 22.2 Å². The number of rotatable bonds is 2. The van der Waals surface area contributed by atoms with E-state index in [4.69, 9.17) is 4.99 Å². The van der Waals surface area contributed by atoms with Crippen LogP contribution in [0.15, 0.2) is 58.8 Å². The lowest BCUT2D eigenvalue weighted by molar-refractivity contribution is 0.818. The molecule has 0 fully saturated rings. The highest BCUT2D eigenvalue weighted by Gasteiger charge is 2.14. The van der Waals surface area contributed by atoms with Crippen molar-refractivity contribution in [2.75, 3.05) is 6.54 Å². The summed E-state index contributed by atoms with van der Waals surface area (Å²) >= 11 is 1.68. The Morgan fingerprint density at radius 2 is 2.18 bits per heavy atom. The largest absolute Gasteiger partial charge is 0.284 e. The molecular weight excluding hydrogens is 290 g/mol. The van der Waals surface area contributed by atoms with Gasteiger partial charge in [-0.05, 0) is 54.3 Å². The van der Waals surface area contributed by atoms with E-state index >= 15 is 0 Å². The van der Waals surface area contributed by atoms with Gasteiger partial charge in [0.15, 0.2) is 0 Å². The van der Waals surface area contributed by atoms with Crippen LogP contribution in [0.25, 0.3) is 16.3 Å². The third-order valence-corrected chi connectivity index (χ3v) is 4.62. The molecule has 0 saturated heterocycles. The van der Waals surface area contributed by atoms with Gasteiger partial charge in [-0.25, -0.2) is 4.98 Å². The molecule has 1 aliphatic heterocycles. The first-order chi connectivity index (χ1) is 10.9. The van der Waals surface area contributed by atoms with E-state index in [9.17, 15) is 0 Å². The number of nitrogens with zero attached hydrogens (tertiary/aromatic N) is 3. The highest BCUT2D eigenvalue weighted by molar-refractivity contribution is 7.16. The fraction of sp³-hybridized carbons (Fsp3) is 0.167. The normalized spacial score (nSPS) is 16.9. The molecule has 108 valence electrons. The van der Waals surface area contributed by atoms with Crippen molar-refractivity contribution in [3.8, 4) is 0 Å². The summed E-state index contributed by atoms with van der Waals surface area (Å²) in [4.78, 5) is 13.3. The van der Waals surface area contributed by atoms with Crippen LogP contribution in [0, 0.1) is 0 Å². The fourth-order valence-corrected chi connectivity index (χ4v) is 3.43. The quantitative estimate of drug-likeness (QED) is 0.705. The summed E-state index contributed by atoms with van der Waals surface area (Å²) in [5, 5.41) is 0. The van der Waals surface area contributed by atoms with Gasteiger partial charge in [0.2, 0.25) is 0 Å². The number of aliphatic imine (C=N–C) groups is 1. The molecule has 0 unspecified atom stereocenters. The van der Waals surface area contributed by atoms with Crippen molar-refractivity contribution in [3.05, 3.63) is 64.9 Å². The van der Waals surface area contributed by atoms with Crippen molar-refractivity contribution in [2.24, 2.45) is 4.99 Å². The number of aromatic nitrogens is 2. The molecule has 4 rings (SSSR count). The zero-order valence-electron chi connectivity index (χ0n) is 12.1. The monoisotopic (exact) mass is 305 g/mol. The number of benzene rings is 1. The molecule has 22 heavy (non-hydrogen) atoms. The van der Waals surface area contributed by atoms with Crippen LogP contribution >= 0.6 is 11.3 Å². The third-order valence-electron chi connectivity index (χ3n) is 3.81. The van der Waals surface area contributed by atoms with Crippen LogP contribution in [0.2, 0.25) is 0 Å². The molecule has 0 N–H and O–H groups in total. The Labute approximate surface area is 133 Å². The van der Waals surface area contributed by atoms with E-state index in [2.05, 4.69) is 40.3 Å². The number of hydrogen-bond acceptors (Lipinski definition) is 4. The maximum absolute atomic E-state index is 4.72. The molecule has 4 heteroatoms. The van der Waals surface area contributed by atoms with Crippen molar-refractivity contribution < 1.29 is 0 Å². The Kier molecular flexibility index (Phi) is 3.52. The van der Waals surface area contributed by atoms with Gasteiger partial charge in [0.05, 0.1) is 21.4 Å². The molecule has 0 spiro atoms. The van der Waals surface area contributed by atoms with E-state index in [1.165, 1.54) is 15.8 Å². The molecule has 1 aliphatic rings. The lowest BCUT2D eigenvalue weighted by atomic mass is 9.95. The predicted octanol–water partition coefficient (Wildman–Crippen LogP) is 4.36. The molecule has 3 nitrogen and oxygen atoms in total. The fourth-order valence-electron chi connectivity index (χ4n) is 2.77. The minimum Gasteiger partial charge on any atom is -0.284 e. The van der Waals surface area contributed by atoms with Crippen LogP contribution < -0.4 is 0 Å². The van der Waals surface area contributed by atoms with Crippen molar-refractivity contribution >= 4 is 33.3 Å². The average molecular weight is 305 g/mol. The third kappa shape index (κ3) is 2.57. The van der Waals surface area contributed by atoms with Crippen LogP contribution in [0.1, 0.15) is 24.0 Å². The van der Waals surface area contributed by atoms with E-state index in [1.807, 2.05) is 17.8 Å². The molecule has 3 aromatic rings. The Balaban J connectivity index is 1.75. The average Bonchev–Trinajstić information content (AvgIpc) is 3.04. The van der Waals surface area contributed by atoms with Crippen LogP contribution in [-0.2, 0) is 0 Å². The molecule has 0 atom stereocenters. The van der Waals surface area contributed by atoms with Crippen LogP contribution in [0.4, 0.5) is 0 Å². The summed E-state index contributed by atoms with van der Waals surface area (Å²) in [6.07, 6.45) is 8.09. The van der Waals surface area contributed by atoms with Crippen molar-refractivity contribution in [3.63, 3.8) is 0 Å². The first-order valence-corrected chi connectivity index (χ1v) is 8.27. The van der Waals surface area contributed by atoms with Gasteiger partial charge in [-0.3, -0.25) is 9.98 Å². The van der Waals surface area contributed by atoms with Gasteiger partial charge in [-0.15, -0.1) is 11.3 Å². The Hall–Kier alpha value is -2.33. The van der Waals surface area contributed by atoms with E-state index in [1.54, 1.807) is 17.5 Å². The van der Waals surface area contributed by atoms with Gasteiger partial charge < -0.3 is 0 Å². The summed E-state index contributed by atoms with van der Waals surface area (Å²) in [6, 6.07) is 10.5. The van der Waals surface area contributed by atoms with Gasteiger partial charge in [-0.1, -0.05) is 6.07 Å². The standard InChI is InChI=1S/C18H15N3S/c1-4-15(11-19-7-1)18-14(3-2-8-20-18)9-13-5-6-17-16(10-13)21-12-22-17/h1,4-7,9-12H,2-3,8H2/b14-9+. The number of pyridine rings is 1. The SMILES string of the molecule is C(=C1/CCCN=C1c1cccnc1)/c1ccc2scnc2c1. The summed E-state index contributed by atoms with van der Waals surface area (Å²) in [7, 11) is 0. The predicted molar refractivity (Wildman–Crippen MR) is 92.5 cm³/mol. The zero-order valence-corrected chi connectivity index (χ0v) is 12.9. The Bertz CT molecular complexity index is 862. The smallest absolute Gasteiger partial charge is 0.0817 e. The van der Waals surface area contributed by atoms with Gasteiger partial charge >= 0.3 is 0 Å². The lowest BCUT2D eigenvalue weighted by Crippen LogP contribution is -2.11. The minimum absolute atomic E-state index is 0.896. The molecule has 2 aromatic heterocycles. The number of fused-ring (bicyclic) bond motifs is 1. The zero-order chi connectivity index (χ0) is 14.8. The summed E-state index contributed by atoms with van der Waals surface area (Å²) in [5.74, 6) is 0. The van der Waals surface area contributed by atoms with Crippen molar-refractivity contribution in [2.45, 2.75) is 12.8 Å². The number of hydrogen-bond donors (Lipinski definition) is 0. The van der Waals surface area contributed by atoms with E-state index in [0.717, 1.165) is 36.2 Å². The second-order valence-corrected chi connectivity index (χ2v) is 6.21. The van der Waals surface area contributed by atoms with E-state index in [-0.39, 0.29) is 0 Å². The molecule has 1 aromatic carbocycles. The molecule has 0 amide bonds. The summed E-state index contributed by atoms with van der Waals surface area (Å²) < 4.78 is 1.23. The number of thiazole rings is 1. The van der Waals surface area contributed by atoms with Crippen molar-refractivity contribution in [1.82, 2.24) is 9.97 Å². The molecule has 0 saturated carbocycles. The highest BCUT2D eigenvalue weighted by atomic mass is 32.1. The summed E-state index contributed by atoms with van der Waals surface area (Å²) in [6.45, 7) is 0.896. The topological polar surface area (TPSA) is 38.1 Å². The first-order valence-electron chi connectivity index (χ1n) is 7.39. The molecule has 0 radical (unpaired) electrons. The minimum atomic E-state index is 0.896. The van der Waals surface area contributed by atoms with Crippen molar-refractivity contribution in [1.29, 1.82) is 0 Å². The first kappa shape index (κ1) is 13.3.